The summed E-state index contributed by atoms with van der Waals surface area (Å²) in [6.45, 7) is 0.853. The van der Waals surface area contributed by atoms with E-state index in [1.807, 2.05) is 0 Å². The van der Waals surface area contributed by atoms with Gasteiger partial charge in [-0.2, -0.15) is 0 Å². The molecule has 0 amide bonds. The van der Waals surface area contributed by atoms with Crippen molar-refractivity contribution in [1.82, 2.24) is 0 Å². The standard InChI is InChI=1S/C10H10FNO/c11-7-1-2-8-9(5-7)13-10(3-4-10)6-12-8/h1-2,5,12H,3-4,6H2. The maximum absolute atomic E-state index is 12.9. The van der Waals surface area contributed by atoms with Crippen LogP contribution in [0.15, 0.2) is 18.2 Å². The van der Waals surface area contributed by atoms with Crippen molar-refractivity contribution in [2.45, 2.75) is 18.4 Å². The van der Waals surface area contributed by atoms with Gasteiger partial charge in [0.2, 0.25) is 0 Å². The monoisotopic (exact) mass is 179 g/mol. The largest absolute Gasteiger partial charge is 0.483 e. The van der Waals surface area contributed by atoms with Crippen molar-refractivity contribution in [1.29, 1.82) is 0 Å². The number of nitrogens with one attached hydrogen (secondary N) is 1. The highest BCUT2D eigenvalue weighted by Gasteiger charge is 2.47. The van der Waals surface area contributed by atoms with Crippen LogP contribution in [0.4, 0.5) is 10.1 Å². The lowest BCUT2D eigenvalue weighted by molar-refractivity contribution is 0.183. The van der Waals surface area contributed by atoms with Crippen LogP contribution < -0.4 is 10.1 Å². The van der Waals surface area contributed by atoms with Gasteiger partial charge in [-0.25, -0.2) is 4.39 Å². The third-order valence-electron chi connectivity index (χ3n) is 2.68. The fraction of sp³-hybridized carbons (Fsp3) is 0.400. The summed E-state index contributed by atoms with van der Waals surface area (Å²) in [6.07, 6.45) is 2.16. The van der Waals surface area contributed by atoms with Gasteiger partial charge in [0.25, 0.3) is 0 Å². The lowest BCUT2D eigenvalue weighted by Crippen LogP contribution is -2.32. The van der Waals surface area contributed by atoms with Crippen molar-refractivity contribution in [2.75, 3.05) is 11.9 Å². The maximum Gasteiger partial charge on any atom is 0.146 e. The Morgan fingerprint density at radius 1 is 1.38 bits per heavy atom. The smallest absolute Gasteiger partial charge is 0.146 e. The summed E-state index contributed by atoms with van der Waals surface area (Å²) in [6, 6.07) is 4.61. The molecule has 0 radical (unpaired) electrons. The van der Waals surface area contributed by atoms with Crippen molar-refractivity contribution in [3.05, 3.63) is 24.0 Å². The van der Waals surface area contributed by atoms with Crippen LogP contribution in [0.1, 0.15) is 12.8 Å². The first-order valence-electron chi connectivity index (χ1n) is 4.50. The Bertz CT molecular complexity index is 360. The molecule has 0 unspecified atom stereocenters. The van der Waals surface area contributed by atoms with Gasteiger partial charge in [0.05, 0.1) is 12.2 Å². The normalized spacial score (nSPS) is 21.6. The summed E-state index contributed by atoms with van der Waals surface area (Å²) < 4.78 is 18.6. The number of hydrogen-bond donors (Lipinski definition) is 1. The number of ether oxygens (including phenoxy) is 1. The molecule has 1 spiro atoms. The molecular weight excluding hydrogens is 169 g/mol. The third-order valence-corrected chi connectivity index (χ3v) is 2.68. The number of fused-ring (bicyclic) bond motifs is 1. The summed E-state index contributed by atoms with van der Waals surface area (Å²) in [5.74, 6) is 0.419. The first-order valence-corrected chi connectivity index (χ1v) is 4.50. The number of anilines is 1. The van der Waals surface area contributed by atoms with Gasteiger partial charge in [-0.3, -0.25) is 0 Å². The molecular formula is C10H10FNO. The quantitative estimate of drug-likeness (QED) is 0.659. The predicted octanol–water partition coefficient (Wildman–Crippen LogP) is 2.16. The summed E-state index contributed by atoms with van der Waals surface area (Å²) >= 11 is 0. The van der Waals surface area contributed by atoms with Gasteiger partial charge in [0.1, 0.15) is 17.2 Å². The molecule has 1 fully saturated rings. The van der Waals surface area contributed by atoms with Crippen molar-refractivity contribution < 1.29 is 9.13 Å². The van der Waals surface area contributed by atoms with Gasteiger partial charge in [0, 0.05) is 6.07 Å². The molecule has 1 aliphatic heterocycles. The minimum Gasteiger partial charge on any atom is -0.483 e. The Balaban J connectivity index is 2.02. The molecule has 0 atom stereocenters. The molecule has 3 rings (SSSR count). The molecule has 1 heterocycles. The molecule has 68 valence electrons. The highest BCUT2D eigenvalue weighted by Crippen LogP contribution is 2.45. The third kappa shape index (κ3) is 1.07. The van der Waals surface area contributed by atoms with E-state index in [0.717, 1.165) is 25.1 Å². The highest BCUT2D eigenvalue weighted by molar-refractivity contribution is 5.59. The molecule has 3 heteroatoms. The second kappa shape index (κ2) is 2.16. The fourth-order valence-corrected chi connectivity index (χ4v) is 1.67. The molecule has 2 nitrogen and oxygen atoms in total. The number of halogens is 1. The topological polar surface area (TPSA) is 21.3 Å². The van der Waals surface area contributed by atoms with Crippen LogP contribution in [-0.4, -0.2) is 12.1 Å². The molecule has 1 aromatic carbocycles. The van der Waals surface area contributed by atoms with Gasteiger partial charge in [-0.15, -0.1) is 0 Å². The van der Waals surface area contributed by atoms with E-state index in [2.05, 4.69) is 5.32 Å². The van der Waals surface area contributed by atoms with Crippen LogP contribution >= 0.6 is 0 Å². The number of hydrogen-bond acceptors (Lipinski definition) is 2. The summed E-state index contributed by atoms with van der Waals surface area (Å²) in [5, 5.41) is 3.25. The molecule has 1 saturated carbocycles. The zero-order valence-corrected chi connectivity index (χ0v) is 7.14. The van der Waals surface area contributed by atoms with E-state index in [4.69, 9.17) is 4.74 Å². The lowest BCUT2D eigenvalue weighted by Gasteiger charge is -2.27. The zero-order valence-electron chi connectivity index (χ0n) is 7.14. The Labute approximate surface area is 75.7 Å². The van der Waals surface area contributed by atoms with E-state index in [0.29, 0.717) is 5.75 Å². The van der Waals surface area contributed by atoms with Crippen LogP contribution in [-0.2, 0) is 0 Å². The Morgan fingerprint density at radius 2 is 2.23 bits per heavy atom. The van der Waals surface area contributed by atoms with E-state index >= 15 is 0 Å². The minimum absolute atomic E-state index is 0.0131. The molecule has 0 saturated heterocycles. The number of rotatable bonds is 0. The van der Waals surface area contributed by atoms with Crippen LogP contribution in [0.25, 0.3) is 0 Å². The molecule has 2 aliphatic rings. The maximum atomic E-state index is 12.9. The van der Waals surface area contributed by atoms with Gasteiger partial charge in [-0.05, 0) is 25.0 Å². The second-order valence-corrected chi connectivity index (χ2v) is 3.78. The van der Waals surface area contributed by atoms with Crippen LogP contribution in [0.5, 0.6) is 5.75 Å². The molecule has 1 aliphatic carbocycles. The van der Waals surface area contributed by atoms with E-state index in [9.17, 15) is 4.39 Å². The van der Waals surface area contributed by atoms with E-state index in [1.165, 1.54) is 12.1 Å². The van der Waals surface area contributed by atoms with Crippen LogP contribution in [0.3, 0.4) is 0 Å². The molecule has 1 aromatic rings. The summed E-state index contributed by atoms with van der Waals surface area (Å²) in [7, 11) is 0. The average Bonchev–Trinajstić information content (AvgIpc) is 2.84. The van der Waals surface area contributed by atoms with Crippen LogP contribution in [0, 0.1) is 5.82 Å². The Morgan fingerprint density at radius 3 is 3.00 bits per heavy atom. The highest BCUT2D eigenvalue weighted by atomic mass is 19.1. The van der Waals surface area contributed by atoms with Crippen molar-refractivity contribution in [2.24, 2.45) is 0 Å². The predicted molar refractivity (Wildman–Crippen MR) is 47.5 cm³/mol. The second-order valence-electron chi connectivity index (χ2n) is 3.78. The van der Waals surface area contributed by atoms with Gasteiger partial charge >= 0.3 is 0 Å². The molecule has 1 N–H and O–H groups in total. The van der Waals surface area contributed by atoms with E-state index in [1.54, 1.807) is 6.07 Å². The van der Waals surface area contributed by atoms with E-state index in [-0.39, 0.29) is 11.4 Å². The molecule has 0 aromatic heterocycles. The fourth-order valence-electron chi connectivity index (χ4n) is 1.67. The van der Waals surface area contributed by atoms with Crippen molar-refractivity contribution in [3.8, 4) is 5.75 Å². The van der Waals surface area contributed by atoms with Crippen molar-refractivity contribution in [3.63, 3.8) is 0 Å². The SMILES string of the molecule is Fc1ccc2c(c1)OC1(CC1)CN2. The van der Waals surface area contributed by atoms with Gasteiger partial charge < -0.3 is 10.1 Å². The first-order chi connectivity index (χ1) is 6.27. The molecule has 13 heavy (non-hydrogen) atoms. The van der Waals surface area contributed by atoms with E-state index < -0.39 is 0 Å². The van der Waals surface area contributed by atoms with Crippen LogP contribution in [0.2, 0.25) is 0 Å². The Kier molecular flexibility index (Phi) is 1.19. The summed E-state index contributed by atoms with van der Waals surface area (Å²) in [5.41, 5.74) is 0.889. The zero-order chi connectivity index (χ0) is 8.89. The average molecular weight is 179 g/mol. The Hall–Kier alpha value is -1.25. The van der Waals surface area contributed by atoms with Crippen molar-refractivity contribution >= 4 is 5.69 Å². The lowest BCUT2D eigenvalue weighted by atomic mass is 10.2. The minimum atomic E-state index is -0.238. The summed E-state index contributed by atoms with van der Waals surface area (Å²) in [4.78, 5) is 0. The van der Waals surface area contributed by atoms with Gasteiger partial charge in [0.15, 0.2) is 0 Å². The van der Waals surface area contributed by atoms with Gasteiger partial charge in [-0.1, -0.05) is 0 Å². The first kappa shape index (κ1) is 7.18. The number of benzene rings is 1. The molecule has 0 bridgehead atoms.